The highest BCUT2D eigenvalue weighted by Crippen LogP contribution is 2.25. The number of nitrogens with zero attached hydrogens (tertiary/aromatic N) is 2. The zero-order chi connectivity index (χ0) is 13.8. The van der Waals surface area contributed by atoms with Crippen LogP contribution in [0, 0.1) is 0 Å². The second-order valence-electron chi connectivity index (χ2n) is 4.45. The molecule has 0 amide bonds. The second kappa shape index (κ2) is 5.89. The van der Waals surface area contributed by atoms with E-state index in [9.17, 15) is 5.11 Å². The van der Waals surface area contributed by atoms with Gasteiger partial charge in [0.15, 0.2) is 0 Å². The molecular formula is C15H20N2O2. The summed E-state index contributed by atoms with van der Waals surface area (Å²) in [6.45, 7) is 4.61. The van der Waals surface area contributed by atoms with Crippen LogP contribution in [-0.2, 0) is 13.5 Å². The maximum atomic E-state index is 10.5. The SMILES string of the molecule is CCOc1cccc(C(O)c2cc(CC)nn2C)c1. The van der Waals surface area contributed by atoms with E-state index in [-0.39, 0.29) is 0 Å². The molecule has 0 aliphatic carbocycles. The molecule has 1 aromatic heterocycles. The Morgan fingerprint density at radius 2 is 2.11 bits per heavy atom. The minimum Gasteiger partial charge on any atom is -0.494 e. The molecule has 2 rings (SSSR count). The van der Waals surface area contributed by atoms with Crippen LogP contribution in [0.2, 0.25) is 0 Å². The van der Waals surface area contributed by atoms with Gasteiger partial charge in [-0.2, -0.15) is 5.10 Å². The number of hydrogen-bond donors (Lipinski definition) is 1. The van der Waals surface area contributed by atoms with Gasteiger partial charge in [0.25, 0.3) is 0 Å². The van der Waals surface area contributed by atoms with Crippen molar-refractivity contribution < 1.29 is 9.84 Å². The topological polar surface area (TPSA) is 47.3 Å². The molecule has 2 aromatic rings. The Labute approximate surface area is 113 Å². The molecule has 1 atom stereocenters. The molecular weight excluding hydrogens is 240 g/mol. The number of aliphatic hydroxyl groups is 1. The van der Waals surface area contributed by atoms with Crippen molar-refractivity contribution in [1.82, 2.24) is 9.78 Å². The van der Waals surface area contributed by atoms with Crippen molar-refractivity contribution in [2.45, 2.75) is 26.4 Å². The smallest absolute Gasteiger partial charge is 0.121 e. The van der Waals surface area contributed by atoms with Crippen molar-refractivity contribution in [3.63, 3.8) is 0 Å². The minimum atomic E-state index is -0.682. The van der Waals surface area contributed by atoms with Crippen LogP contribution >= 0.6 is 0 Å². The fourth-order valence-corrected chi connectivity index (χ4v) is 2.08. The number of aromatic nitrogens is 2. The van der Waals surface area contributed by atoms with Crippen molar-refractivity contribution in [3.05, 3.63) is 47.3 Å². The summed E-state index contributed by atoms with van der Waals surface area (Å²) in [5.74, 6) is 0.775. The standard InChI is InChI=1S/C15H20N2O2/c1-4-12-10-14(17(3)16-12)15(18)11-7-6-8-13(9-11)19-5-2/h6-10,15,18H,4-5H2,1-3H3. The third-order valence-corrected chi connectivity index (χ3v) is 3.09. The highest BCUT2D eigenvalue weighted by Gasteiger charge is 2.16. The van der Waals surface area contributed by atoms with Crippen molar-refractivity contribution in [1.29, 1.82) is 0 Å². The average molecular weight is 260 g/mol. The molecule has 19 heavy (non-hydrogen) atoms. The van der Waals surface area contributed by atoms with E-state index in [1.165, 1.54) is 0 Å². The number of hydrogen-bond acceptors (Lipinski definition) is 3. The van der Waals surface area contributed by atoms with Gasteiger partial charge < -0.3 is 9.84 Å². The Bertz CT molecular complexity index is 549. The molecule has 0 fully saturated rings. The van der Waals surface area contributed by atoms with Crippen LogP contribution < -0.4 is 4.74 Å². The number of benzene rings is 1. The zero-order valence-corrected chi connectivity index (χ0v) is 11.6. The van der Waals surface area contributed by atoms with Gasteiger partial charge >= 0.3 is 0 Å². The van der Waals surface area contributed by atoms with E-state index in [0.29, 0.717) is 6.61 Å². The van der Waals surface area contributed by atoms with E-state index in [1.54, 1.807) is 4.68 Å². The van der Waals surface area contributed by atoms with E-state index < -0.39 is 6.10 Å². The summed E-state index contributed by atoms with van der Waals surface area (Å²) in [6, 6.07) is 9.48. The van der Waals surface area contributed by atoms with Crippen LogP contribution in [-0.4, -0.2) is 21.5 Å². The predicted molar refractivity (Wildman–Crippen MR) is 74.3 cm³/mol. The van der Waals surface area contributed by atoms with Gasteiger partial charge in [0.2, 0.25) is 0 Å². The fraction of sp³-hybridized carbons (Fsp3) is 0.400. The van der Waals surface area contributed by atoms with Crippen LogP contribution in [0.1, 0.15) is 36.9 Å². The van der Waals surface area contributed by atoms with Crippen molar-refractivity contribution in [3.8, 4) is 5.75 Å². The highest BCUT2D eigenvalue weighted by atomic mass is 16.5. The Morgan fingerprint density at radius 1 is 1.32 bits per heavy atom. The Balaban J connectivity index is 2.29. The summed E-state index contributed by atoms with van der Waals surface area (Å²) >= 11 is 0. The summed E-state index contributed by atoms with van der Waals surface area (Å²) < 4.78 is 7.19. The van der Waals surface area contributed by atoms with E-state index >= 15 is 0 Å². The molecule has 4 heteroatoms. The molecule has 0 aliphatic heterocycles. The van der Waals surface area contributed by atoms with Gasteiger partial charge in [-0.05, 0) is 37.1 Å². The molecule has 0 saturated carbocycles. The van der Waals surface area contributed by atoms with Gasteiger partial charge in [-0.3, -0.25) is 4.68 Å². The predicted octanol–water partition coefficient (Wildman–Crippen LogP) is 2.46. The van der Waals surface area contributed by atoms with Crippen molar-refractivity contribution in [2.24, 2.45) is 7.05 Å². The first-order valence-corrected chi connectivity index (χ1v) is 6.59. The molecule has 0 bridgehead atoms. The lowest BCUT2D eigenvalue weighted by molar-refractivity contribution is 0.209. The quantitative estimate of drug-likeness (QED) is 0.898. The first-order chi connectivity index (χ1) is 9.15. The molecule has 0 aliphatic rings. The molecule has 4 nitrogen and oxygen atoms in total. The van der Waals surface area contributed by atoms with Crippen molar-refractivity contribution >= 4 is 0 Å². The first-order valence-electron chi connectivity index (χ1n) is 6.59. The van der Waals surface area contributed by atoms with E-state index in [1.807, 2.05) is 51.2 Å². The Morgan fingerprint density at radius 3 is 2.74 bits per heavy atom. The monoisotopic (exact) mass is 260 g/mol. The third kappa shape index (κ3) is 2.96. The lowest BCUT2D eigenvalue weighted by Crippen LogP contribution is -2.06. The van der Waals surface area contributed by atoms with Crippen LogP contribution in [0.4, 0.5) is 0 Å². The first kappa shape index (κ1) is 13.6. The molecule has 102 valence electrons. The second-order valence-corrected chi connectivity index (χ2v) is 4.45. The van der Waals surface area contributed by atoms with E-state index in [4.69, 9.17) is 4.74 Å². The largest absolute Gasteiger partial charge is 0.494 e. The summed E-state index contributed by atoms with van der Waals surface area (Å²) in [5, 5.41) is 14.8. The van der Waals surface area contributed by atoms with Crippen LogP contribution in [0.5, 0.6) is 5.75 Å². The number of rotatable bonds is 5. The summed E-state index contributed by atoms with van der Waals surface area (Å²) in [6.07, 6.45) is 0.178. The van der Waals surface area contributed by atoms with Crippen LogP contribution in [0.25, 0.3) is 0 Å². The molecule has 1 N–H and O–H groups in total. The van der Waals surface area contributed by atoms with Gasteiger partial charge in [0, 0.05) is 7.05 Å². The van der Waals surface area contributed by atoms with E-state index in [2.05, 4.69) is 5.10 Å². The van der Waals surface area contributed by atoms with Gasteiger partial charge in [-0.25, -0.2) is 0 Å². The Kier molecular flexibility index (Phi) is 4.22. The lowest BCUT2D eigenvalue weighted by Gasteiger charge is -2.12. The molecule has 1 heterocycles. The number of ether oxygens (including phenoxy) is 1. The summed E-state index contributed by atoms with van der Waals surface area (Å²) in [4.78, 5) is 0. The van der Waals surface area contributed by atoms with E-state index in [0.717, 1.165) is 29.1 Å². The normalized spacial score (nSPS) is 12.4. The van der Waals surface area contributed by atoms with Gasteiger partial charge in [0.1, 0.15) is 11.9 Å². The molecule has 0 radical (unpaired) electrons. The van der Waals surface area contributed by atoms with Crippen LogP contribution in [0.15, 0.2) is 30.3 Å². The highest BCUT2D eigenvalue weighted by molar-refractivity contribution is 5.34. The average Bonchev–Trinajstić information content (AvgIpc) is 2.80. The third-order valence-electron chi connectivity index (χ3n) is 3.09. The molecule has 1 unspecified atom stereocenters. The Hall–Kier alpha value is -1.81. The van der Waals surface area contributed by atoms with Crippen LogP contribution in [0.3, 0.4) is 0 Å². The van der Waals surface area contributed by atoms with Gasteiger partial charge in [0.05, 0.1) is 18.0 Å². The summed E-state index contributed by atoms with van der Waals surface area (Å²) in [5.41, 5.74) is 2.60. The fourth-order valence-electron chi connectivity index (χ4n) is 2.08. The minimum absolute atomic E-state index is 0.616. The maximum Gasteiger partial charge on any atom is 0.121 e. The van der Waals surface area contributed by atoms with Crippen molar-refractivity contribution in [2.75, 3.05) is 6.61 Å². The maximum absolute atomic E-state index is 10.5. The van der Waals surface area contributed by atoms with Gasteiger partial charge in [-0.1, -0.05) is 19.1 Å². The summed E-state index contributed by atoms with van der Waals surface area (Å²) in [7, 11) is 1.85. The number of aryl methyl sites for hydroxylation is 2. The molecule has 1 aromatic carbocycles. The molecule has 0 saturated heterocycles. The van der Waals surface area contributed by atoms with Gasteiger partial charge in [-0.15, -0.1) is 0 Å². The molecule has 0 spiro atoms. The lowest BCUT2D eigenvalue weighted by atomic mass is 10.1. The number of aliphatic hydroxyl groups excluding tert-OH is 1. The zero-order valence-electron chi connectivity index (χ0n) is 11.6.